The van der Waals surface area contributed by atoms with Crippen LogP contribution in [-0.2, 0) is 56.8 Å². The highest BCUT2D eigenvalue weighted by molar-refractivity contribution is 5.68. The Morgan fingerprint density at radius 2 is 0.643 bits per heavy atom. The predicted molar refractivity (Wildman–Crippen MR) is 284 cm³/mol. The summed E-state index contributed by atoms with van der Waals surface area (Å²) < 4.78 is 25.0. The standard InChI is InChI=1S/C60H86N2O8/c1-35(61-53(65)69-59(15,16)17)33-67-51-41-21-37-25-45(55(3,4)5)27-39(49(37)63)23-43-31-48(58(12,13)14)32-44(52(43)68-34-36(2)62-54(66)70-60(18,19)20)24-40-28-46(56(6,7)8)26-38(50(40)64)22-42(51)30-47(29-41)57(9,10)11/h25-32,35-36,63-64H,21-24,33-34H2,1-20H3,(H,61,65)(H,62,66)/t35-,36-/m0/s1. The fourth-order valence-corrected chi connectivity index (χ4v) is 8.53. The molecule has 8 bridgehead atoms. The summed E-state index contributed by atoms with van der Waals surface area (Å²) in [6.07, 6.45) is 0.307. The van der Waals surface area contributed by atoms with Crippen LogP contribution >= 0.6 is 0 Å². The molecule has 4 aromatic rings. The number of carbonyl (C=O) groups excluding carboxylic acids is 2. The average Bonchev–Trinajstić information content (AvgIpc) is 3.16. The van der Waals surface area contributed by atoms with Crippen molar-refractivity contribution < 1.29 is 38.7 Å². The molecule has 10 nitrogen and oxygen atoms in total. The van der Waals surface area contributed by atoms with Crippen molar-refractivity contribution >= 4 is 12.2 Å². The van der Waals surface area contributed by atoms with Crippen LogP contribution in [0.5, 0.6) is 23.0 Å². The van der Waals surface area contributed by atoms with Crippen molar-refractivity contribution in [3.8, 4) is 23.0 Å². The minimum atomic E-state index is -0.663. The Morgan fingerprint density at radius 1 is 0.429 bits per heavy atom. The van der Waals surface area contributed by atoms with Crippen LogP contribution in [0.2, 0.25) is 0 Å². The number of carbonyl (C=O) groups is 2. The van der Waals surface area contributed by atoms with Crippen molar-refractivity contribution in [1.29, 1.82) is 0 Å². The maximum atomic E-state index is 12.9. The first kappa shape index (κ1) is 55.5. The minimum absolute atomic E-state index is 0.145. The van der Waals surface area contributed by atoms with Crippen molar-refractivity contribution in [2.45, 2.75) is 209 Å². The Hall–Kier alpha value is -5.38. The number of phenolic OH excluding ortho intramolecular Hbond substituents is 2. The summed E-state index contributed by atoms with van der Waals surface area (Å²) in [6, 6.07) is 16.4. The molecule has 4 aromatic carbocycles. The highest BCUT2D eigenvalue weighted by atomic mass is 16.6. The highest BCUT2D eigenvalue weighted by Crippen LogP contribution is 2.44. The van der Waals surface area contributed by atoms with Gasteiger partial charge >= 0.3 is 12.2 Å². The second-order valence-corrected chi connectivity index (χ2v) is 26.0. The third-order valence-electron chi connectivity index (χ3n) is 12.5. The van der Waals surface area contributed by atoms with E-state index in [0.29, 0.717) is 37.2 Å². The molecule has 0 saturated carbocycles. The average molecular weight is 963 g/mol. The van der Waals surface area contributed by atoms with Gasteiger partial charge in [-0.3, -0.25) is 0 Å². The minimum Gasteiger partial charge on any atom is -0.507 e. The zero-order valence-corrected chi connectivity index (χ0v) is 46.4. The van der Waals surface area contributed by atoms with Gasteiger partial charge in [0.15, 0.2) is 0 Å². The molecule has 0 aromatic heterocycles. The predicted octanol–water partition coefficient (Wildman–Crippen LogP) is 13.5. The Bertz CT molecular complexity index is 2270. The van der Waals surface area contributed by atoms with E-state index in [1.165, 1.54) is 0 Å². The van der Waals surface area contributed by atoms with Crippen LogP contribution in [0.4, 0.5) is 9.59 Å². The Labute approximate surface area is 420 Å². The zero-order chi connectivity index (χ0) is 52.7. The zero-order valence-electron chi connectivity index (χ0n) is 46.4. The molecule has 0 fully saturated rings. The SMILES string of the molecule is C[C@@H](COc1c2cc(C(C)(C)C)cc1Cc1cc(C(C)(C)C)cc(c1O)Cc1cc(C(C)(C)C)cc(c1OC[C@H](C)NC(=O)OC(C)(C)C)Cc1cc(C(C)(C)C)cc(c1O)C2)NC(=O)OC(C)(C)C. The van der Waals surface area contributed by atoms with Crippen LogP contribution in [0.25, 0.3) is 0 Å². The van der Waals surface area contributed by atoms with E-state index in [-0.39, 0.29) is 46.4 Å². The van der Waals surface area contributed by atoms with E-state index in [9.17, 15) is 19.8 Å². The number of aromatic hydroxyl groups is 2. The first-order valence-electron chi connectivity index (χ1n) is 25.2. The van der Waals surface area contributed by atoms with Crippen LogP contribution in [0.3, 0.4) is 0 Å². The quantitative estimate of drug-likeness (QED) is 0.121. The number of alkyl carbamates (subject to hydrolysis) is 2. The lowest BCUT2D eigenvalue weighted by molar-refractivity contribution is 0.0482. The summed E-state index contributed by atoms with van der Waals surface area (Å²) in [6.45, 7) is 41.3. The van der Waals surface area contributed by atoms with E-state index < -0.39 is 35.5 Å². The molecule has 70 heavy (non-hydrogen) atoms. The number of benzene rings is 4. The van der Waals surface area contributed by atoms with Gasteiger partial charge in [0, 0.05) is 25.7 Å². The largest absolute Gasteiger partial charge is 0.507 e. The molecule has 384 valence electrons. The molecule has 0 spiro atoms. The molecule has 5 rings (SSSR count). The fourth-order valence-electron chi connectivity index (χ4n) is 8.53. The maximum absolute atomic E-state index is 12.9. The number of fused-ring (bicyclic) bond motifs is 8. The van der Waals surface area contributed by atoms with Crippen molar-refractivity contribution in [3.05, 3.63) is 115 Å². The van der Waals surface area contributed by atoms with Crippen LogP contribution in [-0.4, -0.2) is 58.9 Å². The number of amides is 2. The lowest BCUT2D eigenvalue weighted by atomic mass is 9.79. The van der Waals surface area contributed by atoms with Crippen LogP contribution in [0.1, 0.15) is 205 Å². The normalized spacial score (nSPS) is 14.6. The van der Waals surface area contributed by atoms with E-state index in [4.69, 9.17) is 18.9 Å². The van der Waals surface area contributed by atoms with Crippen LogP contribution in [0, 0.1) is 0 Å². The summed E-state index contributed by atoms with van der Waals surface area (Å²) in [5.74, 6) is 1.68. The third kappa shape index (κ3) is 14.8. The molecule has 0 radical (unpaired) electrons. The first-order valence-corrected chi connectivity index (χ1v) is 25.2. The Morgan fingerprint density at radius 3 is 0.843 bits per heavy atom. The van der Waals surface area contributed by atoms with E-state index in [1.807, 2.05) is 55.4 Å². The number of rotatable bonds is 8. The lowest BCUT2D eigenvalue weighted by Gasteiger charge is -2.29. The smallest absolute Gasteiger partial charge is 0.407 e. The summed E-state index contributed by atoms with van der Waals surface area (Å²) in [5, 5.41) is 31.2. The van der Waals surface area contributed by atoms with Gasteiger partial charge in [0.2, 0.25) is 0 Å². The molecular formula is C60H86N2O8. The highest BCUT2D eigenvalue weighted by Gasteiger charge is 2.30. The lowest BCUT2D eigenvalue weighted by Crippen LogP contribution is -2.40. The van der Waals surface area contributed by atoms with Crippen molar-refractivity contribution in [1.82, 2.24) is 10.6 Å². The second-order valence-electron chi connectivity index (χ2n) is 26.0. The maximum Gasteiger partial charge on any atom is 0.407 e. The van der Waals surface area contributed by atoms with Crippen molar-refractivity contribution in [2.24, 2.45) is 0 Å². The topological polar surface area (TPSA) is 136 Å². The molecule has 10 heteroatoms. The molecule has 1 aliphatic carbocycles. The van der Waals surface area contributed by atoms with Gasteiger partial charge in [0.25, 0.3) is 0 Å². The fraction of sp³-hybridized carbons (Fsp3) is 0.567. The number of nitrogens with one attached hydrogen (secondary N) is 2. The van der Waals surface area contributed by atoms with Gasteiger partial charge in [-0.25, -0.2) is 9.59 Å². The van der Waals surface area contributed by atoms with Crippen LogP contribution in [0.15, 0.2) is 48.5 Å². The van der Waals surface area contributed by atoms with Gasteiger partial charge in [-0.05, 0) is 144 Å². The monoisotopic (exact) mass is 963 g/mol. The first-order chi connectivity index (χ1) is 31.9. The summed E-state index contributed by atoms with van der Waals surface area (Å²) in [4.78, 5) is 25.9. The number of hydrogen-bond donors (Lipinski definition) is 4. The van der Waals surface area contributed by atoms with Gasteiger partial charge in [-0.1, -0.05) is 132 Å². The molecule has 0 aliphatic heterocycles. The third-order valence-corrected chi connectivity index (χ3v) is 12.5. The van der Waals surface area contributed by atoms with E-state index in [0.717, 1.165) is 66.8 Å². The van der Waals surface area contributed by atoms with E-state index in [1.54, 1.807) is 0 Å². The summed E-state index contributed by atoms with van der Waals surface area (Å²) in [7, 11) is 0. The molecule has 0 saturated heterocycles. The number of ether oxygens (including phenoxy) is 4. The van der Waals surface area contributed by atoms with Gasteiger partial charge in [0.05, 0.1) is 12.1 Å². The molecular weight excluding hydrogens is 877 g/mol. The molecule has 2 atom stereocenters. The van der Waals surface area contributed by atoms with Crippen LogP contribution < -0.4 is 20.1 Å². The molecule has 4 N–H and O–H groups in total. The van der Waals surface area contributed by atoms with Crippen molar-refractivity contribution in [2.75, 3.05) is 13.2 Å². The number of phenols is 2. The molecule has 2 amide bonds. The van der Waals surface area contributed by atoms with E-state index >= 15 is 0 Å². The molecule has 1 aliphatic rings. The second kappa shape index (κ2) is 20.4. The van der Waals surface area contributed by atoms with E-state index in [2.05, 4.69) is 142 Å². The van der Waals surface area contributed by atoms with Crippen molar-refractivity contribution in [3.63, 3.8) is 0 Å². The molecule has 0 heterocycles. The Balaban J connectivity index is 1.84. The number of hydrogen-bond acceptors (Lipinski definition) is 8. The Kier molecular flexibility index (Phi) is 16.2. The summed E-state index contributed by atoms with van der Waals surface area (Å²) in [5.41, 5.74) is 8.44. The summed E-state index contributed by atoms with van der Waals surface area (Å²) >= 11 is 0. The van der Waals surface area contributed by atoms with Gasteiger partial charge in [-0.2, -0.15) is 0 Å². The van der Waals surface area contributed by atoms with Gasteiger partial charge in [-0.15, -0.1) is 0 Å². The van der Waals surface area contributed by atoms with Gasteiger partial charge in [0.1, 0.15) is 47.4 Å². The van der Waals surface area contributed by atoms with Gasteiger partial charge < -0.3 is 39.8 Å². The molecule has 0 unspecified atom stereocenters.